The second-order valence-electron chi connectivity index (χ2n) is 18.8. The zero-order chi connectivity index (χ0) is 49.2. The quantitative estimate of drug-likeness (QED) is 0.101. The lowest BCUT2D eigenvalue weighted by Crippen LogP contribution is -1.94. The lowest BCUT2D eigenvalue weighted by molar-refractivity contribution is 1.33. The first-order valence-electron chi connectivity index (χ1n) is 25.0. The Morgan fingerprint density at radius 1 is 0.250 bits per heavy atom. The smallest absolute Gasteiger partial charge is 0.0105 e. The maximum absolute atomic E-state index is 2.36. The molecule has 0 N–H and O–H groups in total. The summed E-state index contributed by atoms with van der Waals surface area (Å²) in [7, 11) is 0. The van der Waals surface area contributed by atoms with E-state index in [1.165, 1.54) is 122 Å². The van der Waals surface area contributed by atoms with Gasteiger partial charge < -0.3 is 0 Å². The van der Waals surface area contributed by atoms with E-state index in [4.69, 9.17) is 0 Å². The third-order valence-corrected chi connectivity index (χ3v) is 13.7. The molecule has 0 saturated carbocycles. The van der Waals surface area contributed by atoms with Crippen LogP contribution in [0.1, 0.15) is 77.9 Å². The van der Waals surface area contributed by atoms with Crippen LogP contribution in [0.4, 0.5) is 0 Å². The van der Waals surface area contributed by atoms with Crippen molar-refractivity contribution in [2.75, 3.05) is 0 Å². The molecule has 0 heteroatoms. The van der Waals surface area contributed by atoms with E-state index in [2.05, 4.69) is 307 Å². The first-order chi connectivity index (χ1) is 35.3. The summed E-state index contributed by atoms with van der Waals surface area (Å²) < 4.78 is 0. The topological polar surface area (TPSA) is 0 Å². The lowest BCUT2D eigenvalue weighted by Gasteiger charge is -2.15. The molecular weight excluding hydrogens is 865 g/mol. The van der Waals surface area contributed by atoms with E-state index in [0.717, 1.165) is 0 Å². The molecule has 0 aliphatic carbocycles. The van der Waals surface area contributed by atoms with E-state index in [1.54, 1.807) is 0 Å². The lowest BCUT2D eigenvalue weighted by atomic mass is 9.89. The Labute approximate surface area is 427 Å². The molecule has 10 aromatic carbocycles. The average molecular weight is 923 g/mol. The van der Waals surface area contributed by atoms with Gasteiger partial charge in [-0.15, -0.1) is 0 Å². The molecule has 0 unspecified atom stereocenters. The summed E-state index contributed by atoms with van der Waals surface area (Å²) in [5.74, 6) is 0. The molecule has 0 aromatic heterocycles. The van der Waals surface area contributed by atoms with Crippen molar-refractivity contribution in [3.05, 3.63) is 321 Å². The average Bonchev–Trinajstić information content (AvgIpc) is 3.43. The number of benzene rings is 10. The fourth-order valence-electron chi connectivity index (χ4n) is 9.58. The molecule has 10 aromatic rings. The van der Waals surface area contributed by atoms with Crippen LogP contribution in [-0.2, 0) is 0 Å². The minimum Gasteiger partial charge on any atom is -0.0622 e. The highest BCUT2D eigenvalue weighted by Crippen LogP contribution is 2.34. The molecule has 346 valence electrons. The van der Waals surface area contributed by atoms with Crippen LogP contribution in [-0.4, -0.2) is 0 Å². The molecule has 0 amide bonds. The van der Waals surface area contributed by atoms with E-state index in [9.17, 15) is 0 Å². The molecule has 10 rings (SSSR count). The standard InChI is InChI=1S/C72H58/c1-51-47-69(53(3)45-67(51)43-29-55-25-35-59(36-26-55)61-39-31-57(32-40-61)49-71(63-17-9-5-10-18-63)64-19-11-6-12-20-64)70-48-52(2)68(46-54(70)4)44-30-56-27-37-60(38-28-56)62-41-33-58(34-42-62)50-72(65-21-13-7-14-22-65)66-23-15-8-16-24-66/h5-50H,1-4H3. The fraction of sp³-hybridized carbons (Fsp3) is 0.0556. The van der Waals surface area contributed by atoms with Gasteiger partial charge in [-0.3, -0.25) is 0 Å². The van der Waals surface area contributed by atoms with Crippen LogP contribution in [0, 0.1) is 27.7 Å². The van der Waals surface area contributed by atoms with Gasteiger partial charge in [0, 0.05) is 0 Å². The highest BCUT2D eigenvalue weighted by atomic mass is 14.2. The van der Waals surface area contributed by atoms with Crippen LogP contribution in [0.5, 0.6) is 0 Å². The summed E-state index contributed by atoms with van der Waals surface area (Å²) in [4.78, 5) is 0. The third kappa shape index (κ3) is 11.1. The van der Waals surface area contributed by atoms with Crippen LogP contribution >= 0.6 is 0 Å². The number of hydrogen-bond donors (Lipinski definition) is 0. The number of rotatable bonds is 13. The second-order valence-corrected chi connectivity index (χ2v) is 18.8. The molecule has 0 radical (unpaired) electrons. The van der Waals surface area contributed by atoms with Crippen LogP contribution < -0.4 is 0 Å². The highest BCUT2D eigenvalue weighted by molar-refractivity contribution is 5.93. The summed E-state index contributed by atoms with van der Waals surface area (Å²) >= 11 is 0. The van der Waals surface area contributed by atoms with Gasteiger partial charge in [0.25, 0.3) is 0 Å². The van der Waals surface area contributed by atoms with Gasteiger partial charge in [0.1, 0.15) is 0 Å². The van der Waals surface area contributed by atoms with E-state index < -0.39 is 0 Å². The summed E-state index contributed by atoms with van der Waals surface area (Å²) in [5.41, 5.74) is 26.9. The molecule has 0 atom stereocenters. The van der Waals surface area contributed by atoms with E-state index in [-0.39, 0.29) is 0 Å². The third-order valence-electron chi connectivity index (χ3n) is 13.7. The normalized spacial score (nSPS) is 11.2. The van der Waals surface area contributed by atoms with E-state index in [1.807, 2.05) is 0 Å². The van der Waals surface area contributed by atoms with Crippen molar-refractivity contribution >= 4 is 47.6 Å². The van der Waals surface area contributed by atoms with Gasteiger partial charge in [0.2, 0.25) is 0 Å². The SMILES string of the molecule is Cc1cc(-c2cc(C)c(C=Cc3ccc(-c4ccc(C=C(c5ccccc5)c5ccccc5)cc4)cc3)cc2C)c(C)cc1C=Cc1ccc(-c2ccc(C=C(c3ccccc3)c3ccccc3)cc2)cc1. The molecule has 0 aliphatic heterocycles. The second kappa shape index (κ2) is 21.8. The largest absolute Gasteiger partial charge is 0.0622 e. The molecule has 0 aliphatic rings. The molecule has 0 heterocycles. The maximum Gasteiger partial charge on any atom is -0.0105 e. The van der Waals surface area contributed by atoms with E-state index in [0.29, 0.717) is 0 Å². The Morgan fingerprint density at radius 3 is 0.792 bits per heavy atom. The summed E-state index contributed by atoms with van der Waals surface area (Å²) in [5, 5.41) is 0. The highest BCUT2D eigenvalue weighted by Gasteiger charge is 2.12. The van der Waals surface area contributed by atoms with Gasteiger partial charge in [-0.25, -0.2) is 0 Å². The van der Waals surface area contributed by atoms with Crippen molar-refractivity contribution in [3.8, 4) is 33.4 Å². The van der Waals surface area contributed by atoms with Crippen molar-refractivity contribution < 1.29 is 0 Å². The Morgan fingerprint density at radius 2 is 0.514 bits per heavy atom. The number of aryl methyl sites for hydroxylation is 4. The Hall–Kier alpha value is -8.84. The zero-order valence-electron chi connectivity index (χ0n) is 41.6. The van der Waals surface area contributed by atoms with Crippen molar-refractivity contribution in [1.29, 1.82) is 0 Å². The van der Waals surface area contributed by atoms with Crippen molar-refractivity contribution in [3.63, 3.8) is 0 Å². The molecule has 72 heavy (non-hydrogen) atoms. The summed E-state index contributed by atoms with van der Waals surface area (Å²) in [6, 6.07) is 87.3. The van der Waals surface area contributed by atoms with Crippen LogP contribution in [0.25, 0.3) is 81.0 Å². The predicted molar refractivity (Wildman–Crippen MR) is 312 cm³/mol. The Balaban J connectivity index is 0.784. The van der Waals surface area contributed by atoms with Crippen LogP contribution in [0.2, 0.25) is 0 Å². The fourth-order valence-corrected chi connectivity index (χ4v) is 9.58. The van der Waals surface area contributed by atoms with Crippen LogP contribution in [0.3, 0.4) is 0 Å². The van der Waals surface area contributed by atoms with Gasteiger partial charge in [-0.05, 0) is 162 Å². The Kier molecular flexibility index (Phi) is 14.2. The molecule has 0 bridgehead atoms. The zero-order valence-corrected chi connectivity index (χ0v) is 41.6. The van der Waals surface area contributed by atoms with E-state index >= 15 is 0 Å². The predicted octanol–water partition coefficient (Wildman–Crippen LogP) is 19.4. The molecule has 0 saturated heterocycles. The molecule has 0 nitrogen and oxygen atoms in total. The summed E-state index contributed by atoms with van der Waals surface area (Å²) in [6.07, 6.45) is 13.5. The van der Waals surface area contributed by atoms with Gasteiger partial charge in [-0.1, -0.05) is 267 Å². The molecule has 0 fully saturated rings. The monoisotopic (exact) mass is 922 g/mol. The van der Waals surface area contributed by atoms with Crippen molar-refractivity contribution in [2.45, 2.75) is 27.7 Å². The minimum atomic E-state index is 1.18. The first kappa shape index (κ1) is 46.9. The van der Waals surface area contributed by atoms with Crippen LogP contribution in [0.15, 0.2) is 243 Å². The minimum absolute atomic E-state index is 1.18. The molecule has 0 spiro atoms. The molecular formula is C72H58. The van der Waals surface area contributed by atoms with Gasteiger partial charge in [0.05, 0.1) is 0 Å². The first-order valence-corrected chi connectivity index (χ1v) is 25.0. The van der Waals surface area contributed by atoms with Gasteiger partial charge in [-0.2, -0.15) is 0 Å². The van der Waals surface area contributed by atoms with Crippen molar-refractivity contribution in [1.82, 2.24) is 0 Å². The van der Waals surface area contributed by atoms with Crippen molar-refractivity contribution in [2.24, 2.45) is 0 Å². The van der Waals surface area contributed by atoms with Gasteiger partial charge in [0.15, 0.2) is 0 Å². The number of hydrogen-bond acceptors (Lipinski definition) is 0. The summed E-state index contributed by atoms with van der Waals surface area (Å²) in [6.45, 7) is 8.91. The Bertz CT molecular complexity index is 3230. The maximum atomic E-state index is 2.36. The van der Waals surface area contributed by atoms with Gasteiger partial charge >= 0.3 is 0 Å².